The highest BCUT2D eigenvalue weighted by Crippen LogP contribution is 1.99. The van der Waals surface area contributed by atoms with Gasteiger partial charge in [-0.25, -0.2) is 0 Å². The Morgan fingerprint density at radius 2 is 2.11 bits per heavy atom. The zero-order chi connectivity index (χ0) is 7.28. The Labute approximate surface area is 59.5 Å². The fourth-order valence-electron chi connectivity index (χ4n) is 0.557. The highest BCUT2D eigenvalue weighted by molar-refractivity contribution is 7.91. The molecule has 9 heavy (non-hydrogen) atoms. The van der Waals surface area contributed by atoms with Gasteiger partial charge in [0.1, 0.15) is 11.5 Å². The maximum Gasteiger partial charge on any atom is 0.128 e. The number of rotatable bonds is 4. The fraction of sp³-hybridized carbons (Fsp3) is 1.00. The van der Waals surface area contributed by atoms with Gasteiger partial charge in [-0.05, 0) is 5.92 Å². The molecule has 0 bridgehead atoms. The van der Waals surface area contributed by atoms with Gasteiger partial charge in [-0.1, -0.05) is 25.0 Å². The third-order valence-corrected chi connectivity index (χ3v) is 2.51. The Balaban J connectivity index is 3.15. The summed E-state index contributed by atoms with van der Waals surface area (Å²) < 4.78 is 10.8. The van der Waals surface area contributed by atoms with E-state index < -0.39 is 11.2 Å². The summed E-state index contributed by atoms with van der Waals surface area (Å²) in [5.41, 5.74) is 0. The Morgan fingerprint density at radius 1 is 1.56 bits per heavy atom. The number of hydrogen-bond donors (Lipinski definition) is 1. The smallest absolute Gasteiger partial charge is 0.128 e. The molecule has 3 heteroatoms. The van der Waals surface area contributed by atoms with Crippen molar-refractivity contribution in [1.82, 2.24) is 0 Å². The van der Waals surface area contributed by atoms with Gasteiger partial charge in [-0.3, -0.25) is 0 Å². The molecule has 0 aromatic rings. The van der Waals surface area contributed by atoms with Crippen molar-refractivity contribution < 1.29 is 9.66 Å². The Bertz CT molecular complexity index is 66.1. The molecule has 0 aliphatic heterocycles. The number of aliphatic hydroxyl groups is 1. The molecule has 0 radical (unpaired) electrons. The lowest BCUT2D eigenvalue weighted by Crippen LogP contribution is -2.17. The van der Waals surface area contributed by atoms with Gasteiger partial charge in [-0.15, -0.1) is 0 Å². The minimum absolute atomic E-state index is 0.0410. The normalized spacial score (nSPS) is 14.3. The van der Waals surface area contributed by atoms with Crippen LogP contribution in [0.3, 0.4) is 0 Å². The molecule has 0 aromatic carbocycles. The molecular formula is C6H14O2S. The van der Waals surface area contributed by atoms with E-state index in [1.54, 1.807) is 0 Å². The number of aliphatic hydroxyl groups excluding tert-OH is 1. The summed E-state index contributed by atoms with van der Waals surface area (Å²) in [6.45, 7) is 4.09. The third kappa shape index (κ3) is 6.15. The standard InChI is InChI=1S/C6H14O2S/c1-6(2)5-9(8)4-3-7/h6-7H,3-5H2,1-2H3. The molecule has 0 amide bonds. The topological polar surface area (TPSA) is 43.3 Å². The molecule has 0 heterocycles. The van der Waals surface area contributed by atoms with Crippen LogP contribution in [0.2, 0.25) is 0 Å². The van der Waals surface area contributed by atoms with Crippen molar-refractivity contribution in [3.8, 4) is 0 Å². The molecule has 0 saturated heterocycles. The third-order valence-electron chi connectivity index (χ3n) is 0.838. The van der Waals surface area contributed by atoms with Crippen LogP contribution in [0.1, 0.15) is 13.8 Å². The summed E-state index contributed by atoms with van der Waals surface area (Å²) >= 11 is -0.800. The van der Waals surface area contributed by atoms with Gasteiger partial charge in [0.2, 0.25) is 0 Å². The average Bonchev–Trinajstić information content (AvgIpc) is 1.63. The van der Waals surface area contributed by atoms with E-state index in [0.29, 0.717) is 17.4 Å². The summed E-state index contributed by atoms with van der Waals surface area (Å²) in [6, 6.07) is 0. The molecule has 0 aliphatic carbocycles. The van der Waals surface area contributed by atoms with E-state index in [9.17, 15) is 4.55 Å². The van der Waals surface area contributed by atoms with Crippen LogP contribution < -0.4 is 0 Å². The molecule has 0 spiro atoms. The van der Waals surface area contributed by atoms with Gasteiger partial charge in [0, 0.05) is 0 Å². The van der Waals surface area contributed by atoms with Crippen LogP contribution in [-0.2, 0) is 11.2 Å². The van der Waals surface area contributed by atoms with E-state index >= 15 is 0 Å². The van der Waals surface area contributed by atoms with Crippen molar-refractivity contribution >= 4 is 11.2 Å². The lowest BCUT2D eigenvalue weighted by molar-refractivity contribution is 0.319. The van der Waals surface area contributed by atoms with Gasteiger partial charge in [0.05, 0.1) is 6.61 Å². The molecule has 56 valence electrons. The Hall–Kier alpha value is 0.270. The zero-order valence-electron chi connectivity index (χ0n) is 5.96. The van der Waals surface area contributed by atoms with Crippen LogP contribution in [0.25, 0.3) is 0 Å². The van der Waals surface area contributed by atoms with E-state index in [2.05, 4.69) is 0 Å². The molecule has 0 fully saturated rings. The van der Waals surface area contributed by atoms with Crippen LogP contribution in [0, 0.1) is 5.92 Å². The fourth-order valence-corrected chi connectivity index (χ4v) is 1.67. The second-order valence-electron chi connectivity index (χ2n) is 2.43. The first-order valence-electron chi connectivity index (χ1n) is 3.12. The molecule has 1 N–H and O–H groups in total. The second kappa shape index (κ2) is 5.09. The van der Waals surface area contributed by atoms with Crippen LogP contribution in [0.15, 0.2) is 0 Å². The van der Waals surface area contributed by atoms with Crippen LogP contribution in [0.5, 0.6) is 0 Å². The summed E-state index contributed by atoms with van der Waals surface area (Å²) in [7, 11) is 0. The number of hydrogen-bond acceptors (Lipinski definition) is 2. The highest BCUT2D eigenvalue weighted by Gasteiger charge is 2.06. The molecule has 0 saturated carbocycles. The predicted octanol–water partition coefficient (Wildman–Crippen LogP) is 0.383. The molecule has 0 aromatic heterocycles. The Kier molecular flexibility index (Phi) is 5.24. The molecule has 2 nitrogen and oxygen atoms in total. The predicted molar refractivity (Wildman–Crippen MR) is 39.8 cm³/mol. The van der Waals surface area contributed by atoms with Gasteiger partial charge in [-0.2, -0.15) is 0 Å². The maximum atomic E-state index is 10.8. The highest BCUT2D eigenvalue weighted by atomic mass is 32.2. The summed E-state index contributed by atoms with van der Waals surface area (Å²) in [5, 5.41) is 8.36. The Morgan fingerprint density at radius 3 is 2.44 bits per heavy atom. The zero-order valence-corrected chi connectivity index (χ0v) is 6.78. The largest absolute Gasteiger partial charge is 0.616 e. The van der Waals surface area contributed by atoms with Crippen molar-refractivity contribution in [3.05, 3.63) is 0 Å². The van der Waals surface area contributed by atoms with Gasteiger partial charge >= 0.3 is 0 Å². The quantitative estimate of drug-likeness (QED) is 0.589. The SMILES string of the molecule is CC(C)C[S+]([O-])CCO. The van der Waals surface area contributed by atoms with Crippen LogP contribution in [-0.4, -0.2) is 27.8 Å². The summed E-state index contributed by atoms with van der Waals surface area (Å²) in [4.78, 5) is 0. The van der Waals surface area contributed by atoms with E-state index in [0.717, 1.165) is 0 Å². The maximum absolute atomic E-state index is 10.8. The van der Waals surface area contributed by atoms with Crippen LogP contribution >= 0.6 is 0 Å². The molecular weight excluding hydrogens is 136 g/mol. The first-order chi connectivity index (χ1) is 4.16. The minimum atomic E-state index is -0.800. The van der Waals surface area contributed by atoms with Gasteiger partial charge in [0.15, 0.2) is 0 Å². The lowest BCUT2D eigenvalue weighted by atomic mass is 10.3. The minimum Gasteiger partial charge on any atom is -0.616 e. The van der Waals surface area contributed by atoms with Gasteiger partial charge < -0.3 is 9.66 Å². The van der Waals surface area contributed by atoms with Crippen LogP contribution in [0.4, 0.5) is 0 Å². The lowest BCUT2D eigenvalue weighted by Gasteiger charge is -2.10. The average molecular weight is 150 g/mol. The van der Waals surface area contributed by atoms with E-state index in [4.69, 9.17) is 5.11 Å². The molecule has 0 aliphatic rings. The van der Waals surface area contributed by atoms with Gasteiger partial charge in [0.25, 0.3) is 0 Å². The van der Waals surface area contributed by atoms with E-state index in [1.165, 1.54) is 0 Å². The van der Waals surface area contributed by atoms with E-state index in [-0.39, 0.29) is 6.61 Å². The molecule has 1 unspecified atom stereocenters. The molecule has 1 atom stereocenters. The molecule has 0 rings (SSSR count). The first kappa shape index (κ1) is 9.27. The summed E-state index contributed by atoms with van der Waals surface area (Å²) in [6.07, 6.45) is 0. The monoisotopic (exact) mass is 150 g/mol. The van der Waals surface area contributed by atoms with Crippen molar-refractivity contribution in [3.63, 3.8) is 0 Å². The van der Waals surface area contributed by atoms with Crippen molar-refractivity contribution in [2.75, 3.05) is 18.1 Å². The van der Waals surface area contributed by atoms with Crippen molar-refractivity contribution in [1.29, 1.82) is 0 Å². The van der Waals surface area contributed by atoms with E-state index in [1.807, 2.05) is 13.8 Å². The second-order valence-corrected chi connectivity index (χ2v) is 4.05. The summed E-state index contributed by atoms with van der Waals surface area (Å²) in [5.74, 6) is 1.61. The van der Waals surface area contributed by atoms with Crippen molar-refractivity contribution in [2.24, 2.45) is 5.92 Å². The first-order valence-corrected chi connectivity index (χ1v) is 4.61. The van der Waals surface area contributed by atoms with Crippen molar-refractivity contribution in [2.45, 2.75) is 13.8 Å².